The van der Waals surface area contributed by atoms with E-state index in [4.69, 9.17) is 4.42 Å². The van der Waals surface area contributed by atoms with Crippen LogP contribution in [-0.4, -0.2) is 23.5 Å². The van der Waals surface area contributed by atoms with Crippen molar-refractivity contribution < 1.29 is 18.7 Å². The molecule has 1 rings (SSSR count). The minimum atomic E-state index is -0.905. The van der Waals surface area contributed by atoms with Crippen LogP contribution in [-0.2, 0) is 14.3 Å². The van der Waals surface area contributed by atoms with Gasteiger partial charge < -0.3 is 14.5 Å². The maximum atomic E-state index is 11.3. The number of nitrogens with zero attached hydrogens (tertiary/aromatic N) is 1. The van der Waals surface area contributed by atoms with Gasteiger partial charge >= 0.3 is 11.9 Å². The van der Waals surface area contributed by atoms with Gasteiger partial charge in [0, 0.05) is 0 Å². The fraction of sp³-hybridized carbons (Fsp3) is 0.500. The van der Waals surface area contributed by atoms with Gasteiger partial charge in [0.05, 0.1) is 12.8 Å². The molecule has 0 aromatic carbocycles. The molecule has 1 aromatic heterocycles. The minimum absolute atomic E-state index is 0.165. The molecule has 1 atom stereocenters. The van der Waals surface area contributed by atoms with Crippen molar-refractivity contribution in [1.29, 1.82) is 0 Å². The summed E-state index contributed by atoms with van der Waals surface area (Å²) in [6, 6.07) is -0.467. The number of oxazole rings is 1. The predicted molar refractivity (Wildman–Crippen MR) is 54.4 cm³/mol. The standard InChI is InChI=1S/C10H14N2O4/c1-4-15-10(14)8(13)12-7(3)9-11-5-6(2)16-9/h5,7H,4H2,1-3H3,(H,12,13). The zero-order chi connectivity index (χ0) is 12.1. The van der Waals surface area contributed by atoms with E-state index in [0.717, 1.165) is 0 Å². The van der Waals surface area contributed by atoms with E-state index >= 15 is 0 Å². The van der Waals surface area contributed by atoms with Crippen molar-refractivity contribution in [3.05, 3.63) is 17.8 Å². The molecule has 1 aromatic rings. The van der Waals surface area contributed by atoms with Crippen molar-refractivity contribution in [3.8, 4) is 0 Å². The lowest BCUT2D eigenvalue weighted by molar-refractivity contribution is -0.154. The molecule has 0 spiro atoms. The third kappa shape index (κ3) is 3.08. The lowest BCUT2D eigenvalue weighted by atomic mass is 10.3. The van der Waals surface area contributed by atoms with E-state index in [1.54, 1.807) is 27.0 Å². The topological polar surface area (TPSA) is 81.4 Å². The molecular formula is C10H14N2O4. The normalized spacial score (nSPS) is 11.9. The van der Waals surface area contributed by atoms with Crippen LogP contribution in [0.4, 0.5) is 0 Å². The molecule has 0 aliphatic carbocycles. The Bertz CT molecular complexity index is 386. The molecule has 0 radical (unpaired) electrons. The lowest BCUT2D eigenvalue weighted by Crippen LogP contribution is -2.34. The van der Waals surface area contributed by atoms with Gasteiger partial charge in [-0.1, -0.05) is 0 Å². The molecule has 1 heterocycles. The first kappa shape index (κ1) is 12.2. The number of aromatic nitrogens is 1. The summed E-state index contributed by atoms with van der Waals surface area (Å²) < 4.78 is 9.75. The van der Waals surface area contributed by atoms with E-state index in [1.807, 2.05) is 0 Å². The summed E-state index contributed by atoms with van der Waals surface area (Å²) in [4.78, 5) is 26.2. The van der Waals surface area contributed by atoms with Gasteiger partial charge in [0.2, 0.25) is 5.89 Å². The Labute approximate surface area is 93.0 Å². The number of aryl methyl sites for hydroxylation is 1. The molecule has 0 bridgehead atoms. The Kier molecular flexibility index (Phi) is 4.04. The SMILES string of the molecule is CCOC(=O)C(=O)NC(C)c1ncc(C)o1. The number of esters is 1. The molecule has 6 nitrogen and oxygen atoms in total. The number of rotatable bonds is 3. The quantitative estimate of drug-likeness (QED) is 0.606. The molecule has 16 heavy (non-hydrogen) atoms. The highest BCUT2D eigenvalue weighted by Gasteiger charge is 2.20. The van der Waals surface area contributed by atoms with Gasteiger partial charge in [0.25, 0.3) is 0 Å². The Balaban J connectivity index is 2.54. The van der Waals surface area contributed by atoms with Crippen molar-refractivity contribution in [2.24, 2.45) is 0 Å². The van der Waals surface area contributed by atoms with Crippen molar-refractivity contribution >= 4 is 11.9 Å². The summed E-state index contributed by atoms with van der Waals surface area (Å²) in [6.45, 7) is 5.21. The van der Waals surface area contributed by atoms with Gasteiger partial charge in [-0.05, 0) is 20.8 Å². The van der Waals surface area contributed by atoms with E-state index < -0.39 is 17.9 Å². The number of hydrogen-bond donors (Lipinski definition) is 1. The summed E-state index contributed by atoms with van der Waals surface area (Å²) in [7, 11) is 0. The fourth-order valence-corrected chi connectivity index (χ4v) is 1.09. The second kappa shape index (κ2) is 5.29. The van der Waals surface area contributed by atoms with Crippen molar-refractivity contribution in [2.45, 2.75) is 26.8 Å². The smallest absolute Gasteiger partial charge is 0.396 e. The largest absolute Gasteiger partial charge is 0.459 e. The minimum Gasteiger partial charge on any atom is -0.459 e. The number of ether oxygens (including phenoxy) is 1. The Morgan fingerprint density at radius 1 is 1.62 bits per heavy atom. The van der Waals surface area contributed by atoms with Crippen LogP contribution in [0.25, 0.3) is 0 Å². The summed E-state index contributed by atoms with van der Waals surface area (Å²) >= 11 is 0. The molecular weight excluding hydrogens is 212 g/mol. The van der Waals surface area contributed by atoms with Gasteiger partial charge in [-0.15, -0.1) is 0 Å². The van der Waals surface area contributed by atoms with Crippen LogP contribution in [0.15, 0.2) is 10.6 Å². The van der Waals surface area contributed by atoms with Crippen LogP contribution in [0, 0.1) is 6.92 Å². The summed E-state index contributed by atoms with van der Waals surface area (Å²) in [5, 5.41) is 2.42. The average Bonchev–Trinajstić information content (AvgIpc) is 2.65. The van der Waals surface area contributed by atoms with Crippen LogP contribution in [0.3, 0.4) is 0 Å². The molecule has 6 heteroatoms. The van der Waals surface area contributed by atoms with Crippen LogP contribution < -0.4 is 5.32 Å². The lowest BCUT2D eigenvalue weighted by Gasteiger charge is -2.09. The first-order chi connectivity index (χ1) is 7.54. The third-order valence-electron chi connectivity index (χ3n) is 1.82. The number of hydrogen-bond acceptors (Lipinski definition) is 5. The Morgan fingerprint density at radius 3 is 2.81 bits per heavy atom. The van der Waals surface area contributed by atoms with Crippen molar-refractivity contribution in [2.75, 3.05) is 6.61 Å². The van der Waals surface area contributed by atoms with Crippen LogP contribution in [0.1, 0.15) is 31.5 Å². The van der Waals surface area contributed by atoms with Crippen molar-refractivity contribution in [3.63, 3.8) is 0 Å². The fourth-order valence-electron chi connectivity index (χ4n) is 1.09. The number of carbonyl (C=O) groups excluding carboxylic acids is 2. The molecule has 0 saturated heterocycles. The highest BCUT2D eigenvalue weighted by molar-refractivity contribution is 6.32. The first-order valence-corrected chi connectivity index (χ1v) is 4.94. The Morgan fingerprint density at radius 2 is 2.31 bits per heavy atom. The predicted octanol–water partition coefficient (Wildman–Crippen LogP) is 0.723. The summed E-state index contributed by atoms with van der Waals surface area (Å²) in [5.41, 5.74) is 0. The van der Waals surface area contributed by atoms with Gasteiger partial charge in [0.15, 0.2) is 0 Å². The highest BCUT2D eigenvalue weighted by atomic mass is 16.5. The number of nitrogens with one attached hydrogen (secondary N) is 1. The second-order valence-electron chi connectivity index (χ2n) is 3.22. The van der Waals surface area contributed by atoms with E-state index in [0.29, 0.717) is 11.7 Å². The maximum Gasteiger partial charge on any atom is 0.396 e. The third-order valence-corrected chi connectivity index (χ3v) is 1.82. The molecule has 0 aliphatic rings. The van der Waals surface area contributed by atoms with Crippen molar-refractivity contribution in [1.82, 2.24) is 10.3 Å². The van der Waals surface area contributed by atoms with E-state index in [1.165, 1.54) is 0 Å². The molecule has 0 fully saturated rings. The monoisotopic (exact) mass is 226 g/mol. The average molecular weight is 226 g/mol. The molecule has 1 amide bonds. The van der Waals surface area contributed by atoms with Gasteiger partial charge in [-0.2, -0.15) is 0 Å². The van der Waals surface area contributed by atoms with Gasteiger partial charge in [-0.3, -0.25) is 4.79 Å². The van der Waals surface area contributed by atoms with Crippen LogP contribution in [0.2, 0.25) is 0 Å². The molecule has 0 saturated carbocycles. The maximum absolute atomic E-state index is 11.3. The zero-order valence-corrected chi connectivity index (χ0v) is 9.44. The summed E-state index contributed by atoms with van der Waals surface area (Å²) in [6.07, 6.45) is 1.54. The van der Waals surface area contributed by atoms with Crippen LogP contribution in [0.5, 0.6) is 0 Å². The van der Waals surface area contributed by atoms with E-state index in [-0.39, 0.29) is 6.61 Å². The first-order valence-electron chi connectivity index (χ1n) is 4.94. The Hall–Kier alpha value is -1.85. The highest BCUT2D eigenvalue weighted by Crippen LogP contribution is 2.11. The van der Waals surface area contributed by atoms with Crippen LogP contribution >= 0.6 is 0 Å². The zero-order valence-electron chi connectivity index (χ0n) is 9.44. The molecule has 0 aliphatic heterocycles. The second-order valence-corrected chi connectivity index (χ2v) is 3.22. The summed E-state index contributed by atoms with van der Waals surface area (Å²) in [5.74, 6) is -0.704. The van der Waals surface area contributed by atoms with Gasteiger partial charge in [0.1, 0.15) is 11.8 Å². The number of carbonyl (C=O) groups is 2. The van der Waals surface area contributed by atoms with E-state index in [9.17, 15) is 9.59 Å². The van der Waals surface area contributed by atoms with E-state index in [2.05, 4.69) is 15.0 Å². The molecule has 1 unspecified atom stereocenters. The molecule has 1 N–H and O–H groups in total. The molecule has 88 valence electrons. The van der Waals surface area contributed by atoms with Gasteiger partial charge in [-0.25, -0.2) is 9.78 Å². The number of amides is 1.